The Morgan fingerprint density at radius 3 is 1.36 bits per heavy atom. The lowest BCUT2D eigenvalue weighted by atomic mass is 9.92. The molecule has 1 nitrogen and oxygen atoms in total. The summed E-state index contributed by atoms with van der Waals surface area (Å²) in [7, 11) is -0.238. The van der Waals surface area contributed by atoms with Crippen LogP contribution in [0.25, 0.3) is 0 Å². The van der Waals surface area contributed by atoms with Crippen LogP contribution in [0, 0.1) is 0 Å². The Balaban J connectivity index is 5.58. The van der Waals surface area contributed by atoms with Gasteiger partial charge in [0.05, 0.1) is 0 Å². The molecule has 0 radical (unpaired) electrons. The summed E-state index contributed by atoms with van der Waals surface area (Å²) >= 11 is 0. The summed E-state index contributed by atoms with van der Waals surface area (Å²) < 4.78 is 219. The lowest BCUT2D eigenvalue weighted by molar-refractivity contribution is -0.396. The topological polar surface area (TPSA) is 17.1 Å². The third kappa shape index (κ3) is 5.34. The van der Waals surface area contributed by atoms with Gasteiger partial charge in [0, 0.05) is 24.8 Å². The Morgan fingerprint density at radius 1 is 0.636 bits per heavy atom. The third-order valence-corrected chi connectivity index (χ3v) is 4.74. The summed E-state index contributed by atoms with van der Waals surface area (Å²) in [5, 5.41) is -6.01. The van der Waals surface area contributed by atoms with Crippen LogP contribution in [-0.2, 0) is 4.79 Å². The summed E-state index contributed by atoms with van der Waals surface area (Å²) in [6, 6.07) is 0. The van der Waals surface area contributed by atoms with Crippen molar-refractivity contribution >= 4 is 15.0 Å². The summed E-state index contributed by atoms with van der Waals surface area (Å²) in [6.45, 7) is 2.09. The number of Topliss-reactive ketones (excluding diaryl/α,β-unsaturated/α-hetero) is 1. The van der Waals surface area contributed by atoms with Gasteiger partial charge in [-0.25, -0.2) is 4.39 Å². The predicted octanol–water partition coefficient (Wildman–Crippen LogP) is 7.12. The first-order chi connectivity index (χ1) is 14.0. The second kappa shape index (κ2) is 8.70. The molecule has 0 N–H and O–H groups in total. The maximum absolute atomic E-state index is 13.7. The van der Waals surface area contributed by atoms with E-state index in [1.165, 1.54) is 0 Å². The first-order valence-electron chi connectivity index (χ1n) is 7.72. The Bertz CT molecular complexity index is 746. The summed E-state index contributed by atoms with van der Waals surface area (Å²) in [5.74, 6) is -35.9. The Morgan fingerprint density at radius 2 is 1.03 bits per heavy atom. The van der Waals surface area contributed by atoms with Gasteiger partial charge in [-0.3, -0.25) is 4.79 Å². The maximum atomic E-state index is 13.7. The molecular formula is C14H10F17OP. The minimum absolute atomic E-state index is 0.238. The molecule has 2 unspecified atom stereocenters. The Labute approximate surface area is 174 Å². The van der Waals surface area contributed by atoms with E-state index < -0.39 is 78.0 Å². The third-order valence-electron chi connectivity index (χ3n) is 4.05. The van der Waals surface area contributed by atoms with Gasteiger partial charge in [-0.05, 0) is 0 Å². The van der Waals surface area contributed by atoms with Crippen molar-refractivity contribution < 1.29 is 79.4 Å². The van der Waals surface area contributed by atoms with E-state index in [-0.39, 0.29) is 9.24 Å². The lowest BCUT2D eigenvalue weighted by Gasteiger charge is -2.37. The fourth-order valence-corrected chi connectivity index (χ4v) is 2.11. The van der Waals surface area contributed by atoms with Gasteiger partial charge in [-0.2, -0.15) is 70.2 Å². The van der Waals surface area contributed by atoms with Gasteiger partial charge in [0.15, 0.2) is 0 Å². The molecule has 0 amide bonds. The van der Waals surface area contributed by atoms with Crippen molar-refractivity contribution in [2.24, 2.45) is 0 Å². The molecular weight excluding hydrogens is 538 g/mol. The van der Waals surface area contributed by atoms with Crippen LogP contribution in [0.1, 0.15) is 19.3 Å². The van der Waals surface area contributed by atoms with Crippen LogP contribution in [0.15, 0.2) is 12.2 Å². The average Bonchev–Trinajstić information content (AvgIpc) is 2.57. The summed E-state index contributed by atoms with van der Waals surface area (Å²) in [6.07, 6.45) is -21.2. The van der Waals surface area contributed by atoms with Gasteiger partial charge in [0.2, 0.25) is 0 Å². The van der Waals surface area contributed by atoms with Crippen LogP contribution in [0.4, 0.5) is 74.6 Å². The van der Waals surface area contributed by atoms with Crippen molar-refractivity contribution in [3.63, 3.8) is 0 Å². The van der Waals surface area contributed by atoms with Crippen molar-refractivity contribution in [2.75, 3.05) is 0 Å². The SMILES string of the molecule is C=C(CC(=O)CCC(F)(F)C(F)(F)C(F)(F)C(F)(F)F)C(F)(F)C(F)(F)C(F)(P)C(F)(F)F. The van der Waals surface area contributed by atoms with Gasteiger partial charge >= 0.3 is 42.0 Å². The highest BCUT2D eigenvalue weighted by Gasteiger charge is 2.81. The zero-order chi connectivity index (χ0) is 27.3. The number of hydrogen-bond donors (Lipinski definition) is 0. The molecule has 0 fully saturated rings. The number of allylic oxidation sites excluding steroid dienone is 1. The summed E-state index contributed by atoms with van der Waals surface area (Å²) in [5.41, 5.74) is -2.53. The van der Waals surface area contributed by atoms with Crippen LogP contribution < -0.4 is 0 Å². The second-order valence-electron chi connectivity index (χ2n) is 6.53. The minimum Gasteiger partial charge on any atom is -0.299 e. The quantitative estimate of drug-likeness (QED) is 0.162. The highest BCUT2D eigenvalue weighted by Crippen LogP contribution is 2.58. The standard InChI is InChI=1S/C14H10F17OP/c1-5(8(17,18)10(21,22)12(25,33)14(29,30)31)4-6(32)2-3-7(15,16)9(19,20)11(23,24)13(26,27)28/h1-4,33H2. The van der Waals surface area contributed by atoms with E-state index >= 15 is 0 Å². The molecule has 0 aliphatic carbocycles. The van der Waals surface area contributed by atoms with Crippen LogP contribution in [-0.4, -0.2) is 53.2 Å². The first kappa shape index (κ1) is 31.6. The molecule has 196 valence electrons. The number of rotatable bonds is 10. The number of alkyl halides is 17. The van der Waals surface area contributed by atoms with E-state index in [9.17, 15) is 79.4 Å². The van der Waals surface area contributed by atoms with Crippen molar-refractivity contribution in [3.8, 4) is 0 Å². The molecule has 0 bridgehead atoms. The minimum atomic E-state index is -7.33. The predicted molar refractivity (Wildman–Crippen MR) is 78.4 cm³/mol. The molecule has 2 atom stereocenters. The Kier molecular flexibility index (Phi) is 8.34. The van der Waals surface area contributed by atoms with Gasteiger partial charge in [-0.1, -0.05) is 15.8 Å². The molecule has 0 heterocycles. The average molecular weight is 548 g/mol. The van der Waals surface area contributed by atoms with E-state index in [0.717, 1.165) is 0 Å². The Hall–Kier alpha value is -1.35. The molecule has 0 saturated heterocycles. The van der Waals surface area contributed by atoms with Crippen molar-refractivity contribution in [1.82, 2.24) is 0 Å². The van der Waals surface area contributed by atoms with Crippen LogP contribution in [0.2, 0.25) is 0 Å². The van der Waals surface area contributed by atoms with Gasteiger partial charge in [0.1, 0.15) is 5.78 Å². The highest BCUT2D eigenvalue weighted by molar-refractivity contribution is 7.19. The molecule has 0 aliphatic heterocycles. The van der Waals surface area contributed by atoms with E-state index in [1.807, 2.05) is 0 Å². The molecule has 0 aliphatic rings. The molecule has 0 aromatic heterocycles. The van der Waals surface area contributed by atoms with Crippen LogP contribution in [0.5, 0.6) is 0 Å². The lowest BCUT2D eigenvalue weighted by Crippen LogP contribution is -2.61. The molecule has 19 heteroatoms. The number of carbonyl (C=O) groups excluding carboxylic acids is 1. The van der Waals surface area contributed by atoms with E-state index in [2.05, 4.69) is 6.58 Å². The van der Waals surface area contributed by atoms with Crippen LogP contribution in [0.3, 0.4) is 0 Å². The van der Waals surface area contributed by atoms with Gasteiger partial charge < -0.3 is 0 Å². The normalized spacial score (nSPS) is 17.0. The molecule has 0 rings (SSSR count). The van der Waals surface area contributed by atoms with E-state index in [4.69, 9.17) is 0 Å². The maximum Gasteiger partial charge on any atom is 0.460 e. The molecule has 0 aromatic rings. The first-order valence-corrected chi connectivity index (χ1v) is 8.30. The van der Waals surface area contributed by atoms with Gasteiger partial charge in [-0.15, -0.1) is 0 Å². The summed E-state index contributed by atoms with van der Waals surface area (Å²) in [4.78, 5) is 11.3. The largest absolute Gasteiger partial charge is 0.460 e. The monoisotopic (exact) mass is 548 g/mol. The van der Waals surface area contributed by atoms with Crippen LogP contribution >= 0.6 is 9.24 Å². The van der Waals surface area contributed by atoms with E-state index in [0.29, 0.717) is 0 Å². The van der Waals surface area contributed by atoms with Crippen molar-refractivity contribution in [2.45, 2.75) is 66.6 Å². The van der Waals surface area contributed by atoms with Gasteiger partial charge in [0.25, 0.3) is 5.41 Å². The number of ketones is 1. The zero-order valence-corrected chi connectivity index (χ0v) is 16.4. The highest BCUT2D eigenvalue weighted by atomic mass is 31.0. The molecule has 0 spiro atoms. The van der Waals surface area contributed by atoms with Crippen molar-refractivity contribution in [3.05, 3.63) is 12.2 Å². The fraction of sp³-hybridized carbons (Fsp3) is 0.786. The smallest absolute Gasteiger partial charge is 0.299 e. The number of carbonyl (C=O) groups is 1. The molecule has 0 aromatic carbocycles. The molecule has 33 heavy (non-hydrogen) atoms. The molecule has 0 saturated carbocycles. The second-order valence-corrected chi connectivity index (χ2v) is 7.32. The van der Waals surface area contributed by atoms with E-state index in [1.54, 1.807) is 0 Å². The van der Waals surface area contributed by atoms with Crippen molar-refractivity contribution in [1.29, 1.82) is 0 Å². The number of hydrogen-bond acceptors (Lipinski definition) is 1. The fourth-order valence-electron chi connectivity index (χ4n) is 1.93. The number of halogens is 17. The zero-order valence-electron chi connectivity index (χ0n) is 15.2.